The Labute approximate surface area is 100.0 Å². The second kappa shape index (κ2) is 5.99. The summed E-state index contributed by atoms with van der Waals surface area (Å²) in [6.07, 6.45) is 5.39. The van der Waals surface area contributed by atoms with Gasteiger partial charge in [0, 0.05) is 19.1 Å². The maximum atomic E-state index is 5.76. The highest BCUT2D eigenvalue weighted by Crippen LogP contribution is 2.23. The Morgan fingerprint density at radius 3 is 2.75 bits per heavy atom. The molecule has 0 bridgehead atoms. The van der Waals surface area contributed by atoms with E-state index < -0.39 is 0 Å². The van der Waals surface area contributed by atoms with Crippen molar-refractivity contribution in [2.24, 2.45) is 11.7 Å². The summed E-state index contributed by atoms with van der Waals surface area (Å²) in [5, 5.41) is 0. The Bertz CT molecular complexity index is 205. The van der Waals surface area contributed by atoms with Crippen LogP contribution in [0.2, 0.25) is 0 Å². The molecule has 0 saturated carbocycles. The lowest BCUT2D eigenvalue weighted by molar-refractivity contribution is 0.113. The summed E-state index contributed by atoms with van der Waals surface area (Å²) in [6.45, 7) is 9.59. The summed E-state index contributed by atoms with van der Waals surface area (Å²) in [5.41, 5.74) is 5.76. The summed E-state index contributed by atoms with van der Waals surface area (Å²) in [6, 6.07) is 0.817. The zero-order valence-electron chi connectivity index (χ0n) is 10.7. The molecular weight excluding hydrogens is 198 g/mol. The highest BCUT2D eigenvalue weighted by molar-refractivity contribution is 4.86. The maximum absolute atomic E-state index is 5.76. The molecule has 0 aromatic heterocycles. The Morgan fingerprint density at radius 1 is 1.19 bits per heavy atom. The van der Waals surface area contributed by atoms with Crippen LogP contribution in [-0.4, -0.2) is 55.1 Å². The van der Waals surface area contributed by atoms with E-state index in [2.05, 4.69) is 16.7 Å². The van der Waals surface area contributed by atoms with Crippen molar-refractivity contribution in [2.75, 3.05) is 39.3 Å². The molecule has 2 fully saturated rings. The van der Waals surface area contributed by atoms with Gasteiger partial charge in [0.25, 0.3) is 0 Å². The summed E-state index contributed by atoms with van der Waals surface area (Å²) in [5.74, 6) is 0.765. The monoisotopic (exact) mass is 225 g/mol. The van der Waals surface area contributed by atoms with Crippen molar-refractivity contribution in [3.8, 4) is 0 Å². The molecule has 2 aliphatic heterocycles. The molecule has 0 amide bonds. The van der Waals surface area contributed by atoms with Gasteiger partial charge in [0.05, 0.1) is 0 Å². The average Bonchev–Trinajstić information content (AvgIpc) is 2.78. The fourth-order valence-electron chi connectivity index (χ4n) is 3.24. The minimum absolute atomic E-state index is 0.765. The third-order valence-electron chi connectivity index (χ3n) is 4.19. The molecule has 2 unspecified atom stereocenters. The number of likely N-dealkylation sites (tertiary alicyclic amines) is 2. The Morgan fingerprint density at radius 2 is 2.06 bits per heavy atom. The molecule has 2 N–H and O–H groups in total. The Balaban J connectivity index is 1.80. The van der Waals surface area contributed by atoms with Crippen molar-refractivity contribution in [1.29, 1.82) is 0 Å². The van der Waals surface area contributed by atoms with E-state index in [-0.39, 0.29) is 0 Å². The van der Waals surface area contributed by atoms with E-state index in [0.29, 0.717) is 0 Å². The first-order valence-electron chi connectivity index (χ1n) is 7.00. The fraction of sp³-hybridized carbons (Fsp3) is 1.00. The zero-order valence-corrected chi connectivity index (χ0v) is 10.7. The molecule has 0 spiro atoms. The van der Waals surface area contributed by atoms with Crippen LogP contribution in [-0.2, 0) is 0 Å². The Kier molecular flexibility index (Phi) is 4.62. The number of nitrogens with two attached hydrogens (primary N) is 1. The van der Waals surface area contributed by atoms with Crippen LogP contribution in [0.15, 0.2) is 0 Å². The van der Waals surface area contributed by atoms with Gasteiger partial charge >= 0.3 is 0 Å². The van der Waals surface area contributed by atoms with Crippen LogP contribution in [0.5, 0.6) is 0 Å². The number of piperidine rings is 1. The van der Waals surface area contributed by atoms with E-state index in [1.165, 1.54) is 58.4 Å². The quantitative estimate of drug-likeness (QED) is 0.779. The molecule has 94 valence electrons. The first-order chi connectivity index (χ1) is 7.83. The zero-order chi connectivity index (χ0) is 11.4. The van der Waals surface area contributed by atoms with Crippen LogP contribution in [0.3, 0.4) is 0 Å². The molecule has 16 heavy (non-hydrogen) atoms. The van der Waals surface area contributed by atoms with Gasteiger partial charge in [-0.2, -0.15) is 0 Å². The highest BCUT2D eigenvalue weighted by atomic mass is 15.2. The molecule has 2 atom stereocenters. The molecule has 3 heteroatoms. The van der Waals surface area contributed by atoms with E-state index in [1.807, 2.05) is 0 Å². The molecule has 0 aromatic rings. The van der Waals surface area contributed by atoms with Gasteiger partial charge < -0.3 is 10.6 Å². The number of rotatable bonds is 4. The number of nitrogens with zero attached hydrogens (tertiary/aromatic N) is 2. The van der Waals surface area contributed by atoms with Crippen LogP contribution >= 0.6 is 0 Å². The first-order valence-corrected chi connectivity index (χ1v) is 7.00. The van der Waals surface area contributed by atoms with Gasteiger partial charge in [-0.25, -0.2) is 0 Å². The van der Waals surface area contributed by atoms with Crippen LogP contribution in [0.4, 0.5) is 0 Å². The lowest BCUT2D eigenvalue weighted by Gasteiger charge is -2.37. The lowest BCUT2D eigenvalue weighted by atomic mass is 10.0. The van der Waals surface area contributed by atoms with Gasteiger partial charge in [-0.3, -0.25) is 4.90 Å². The van der Waals surface area contributed by atoms with E-state index >= 15 is 0 Å². The van der Waals surface area contributed by atoms with Crippen molar-refractivity contribution in [2.45, 2.75) is 38.6 Å². The predicted molar refractivity (Wildman–Crippen MR) is 68.5 cm³/mol. The molecular formula is C13H27N3. The summed E-state index contributed by atoms with van der Waals surface area (Å²) < 4.78 is 0. The Hall–Kier alpha value is -0.120. The smallest absolute Gasteiger partial charge is 0.0223 e. The van der Waals surface area contributed by atoms with Gasteiger partial charge in [0.15, 0.2) is 0 Å². The van der Waals surface area contributed by atoms with Crippen LogP contribution < -0.4 is 5.73 Å². The maximum Gasteiger partial charge on any atom is 0.0223 e. The predicted octanol–water partition coefficient (Wildman–Crippen LogP) is 1.14. The normalized spacial score (nSPS) is 33.4. The van der Waals surface area contributed by atoms with Crippen molar-refractivity contribution in [3.05, 3.63) is 0 Å². The summed E-state index contributed by atoms with van der Waals surface area (Å²) in [7, 11) is 0. The van der Waals surface area contributed by atoms with Crippen LogP contribution in [0.25, 0.3) is 0 Å². The van der Waals surface area contributed by atoms with Crippen LogP contribution in [0.1, 0.15) is 32.6 Å². The van der Waals surface area contributed by atoms with Crippen molar-refractivity contribution < 1.29 is 0 Å². The second-order valence-electron chi connectivity index (χ2n) is 5.48. The van der Waals surface area contributed by atoms with Gasteiger partial charge in [0.2, 0.25) is 0 Å². The average molecular weight is 225 g/mol. The van der Waals surface area contributed by atoms with Gasteiger partial charge in [-0.05, 0) is 57.8 Å². The molecule has 3 nitrogen and oxygen atoms in total. The largest absolute Gasteiger partial charge is 0.330 e. The molecule has 2 rings (SSSR count). The lowest BCUT2D eigenvalue weighted by Crippen LogP contribution is -2.47. The van der Waals surface area contributed by atoms with Crippen molar-refractivity contribution in [3.63, 3.8) is 0 Å². The van der Waals surface area contributed by atoms with E-state index in [9.17, 15) is 0 Å². The minimum atomic E-state index is 0.765. The second-order valence-corrected chi connectivity index (χ2v) is 5.48. The molecule has 2 saturated heterocycles. The van der Waals surface area contributed by atoms with Gasteiger partial charge in [-0.1, -0.05) is 6.92 Å². The molecule has 0 aromatic carbocycles. The summed E-state index contributed by atoms with van der Waals surface area (Å²) >= 11 is 0. The molecule has 0 radical (unpaired) electrons. The topological polar surface area (TPSA) is 32.5 Å². The molecule has 2 heterocycles. The van der Waals surface area contributed by atoms with Gasteiger partial charge in [0.1, 0.15) is 0 Å². The van der Waals surface area contributed by atoms with Crippen molar-refractivity contribution in [1.82, 2.24) is 9.80 Å². The van der Waals surface area contributed by atoms with Crippen molar-refractivity contribution >= 4 is 0 Å². The number of hydrogen-bond donors (Lipinski definition) is 1. The number of hydrogen-bond acceptors (Lipinski definition) is 3. The van der Waals surface area contributed by atoms with E-state index in [4.69, 9.17) is 5.73 Å². The van der Waals surface area contributed by atoms with Gasteiger partial charge in [-0.15, -0.1) is 0 Å². The minimum Gasteiger partial charge on any atom is -0.330 e. The first kappa shape index (κ1) is 12.3. The SMILES string of the molecule is CCCN1CCCC(N2CCC(CN)C2)C1. The third-order valence-corrected chi connectivity index (χ3v) is 4.19. The fourth-order valence-corrected chi connectivity index (χ4v) is 3.24. The van der Waals surface area contributed by atoms with Crippen LogP contribution in [0, 0.1) is 5.92 Å². The highest BCUT2D eigenvalue weighted by Gasteiger charge is 2.30. The molecule has 0 aliphatic carbocycles. The molecule has 2 aliphatic rings. The van der Waals surface area contributed by atoms with E-state index in [0.717, 1.165) is 18.5 Å². The standard InChI is InChI=1S/C13H27N3/c1-2-6-15-7-3-4-13(11-15)16-8-5-12(9-14)10-16/h12-13H,2-11,14H2,1H3. The third kappa shape index (κ3) is 2.96. The van der Waals surface area contributed by atoms with E-state index in [1.54, 1.807) is 0 Å². The summed E-state index contributed by atoms with van der Waals surface area (Å²) in [4.78, 5) is 5.34.